The van der Waals surface area contributed by atoms with Crippen molar-refractivity contribution in [2.75, 3.05) is 31.0 Å². The van der Waals surface area contributed by atoms with Gasteiger partial charge in [-0.25, -0.2) is 4.98 Å². The van der Waals surface area contributed by atoms with Gasteiger partial charge in [-0.2, -0.15) is 0 Å². The molecular weight excluding hydrogens is 342 g/mol. The fourth-order valence-corrected chi connectivity index (χ4v) is 3.41. The van der Waals surface area contributed by atoms with Crippen molar-refractivity contribution in [3.05, 3.63) is 29.3 Å². The second kappa shape index (κ2) is 7.10. The molecule has 0 spiro atoms. The SMILES string of the molecule is COc1ccc(N2C[C@H](C(=O)Nc3ncc(C)s3)CC2=O)c(OC)c1. The van der Waals surface area contributed by atoms with Gasteiger partial charge in [0.1, 0.15) is 11.5 Å². The van der Waals surface area contributed by atoms with Gasteiger partial charge in [0.15, 0.2) is 5.13 Å². The first kappa shape index (κ1) is 17.2. The van der Waals surface area contributed by atoms with Crippen LogP contribution in [0.3, 0.4) is 0 Å². The molecule has 2 heterocycles. The molecule has 1 atom stereocenters. The number of rotatable bonds is 5. The molecule has 132 valence electrons. The maximum atomic E-state index is 12.4. The molecule has 1 N–H and O–H groups in total. The first-order valence-electron chi connectivity index (χ1n) is 7.77. The maximum absolute atomic E-state index is 12.4. The Kier molecular flexibility index (Phi) is 4.89. The Morgan fingerprint density at radius 3 is 2.80 bits per heavy atom. The topological polar surface area (TPSA) is 80.8 Å². The average molecular weight is 361 g/mol. The number of aryl methyl sites for hydroxylation is 1. The Balaban J connectivity index is 1.75. The molecular formula is C17H19N3O4S. The van der Waals surface area contributed by atoms with Crippen LogP contribution in [-0.4, -0.2) is 37.6 Å². The van der Waals surface area contributed by atoms with Gasteiger partial charge in [-0.15, -0.1) is 11.3 Å². The quantitative estimate of drug-likeness (QED) is 0.885. The van der Waals surface area contributed by atoms with E-state index in [0.29, 0.717) is 28.9 Å². The van der Waals surface area contributed by atoms with E-state index in [-0.39, 0.29) is 18.2 Å². The molecule has 1 saturated heterocycles. The van der Waals surface area contributed by atoms with Crippen LogP contribution in [0.2, 0.25) is 0 Å². The molecule has 7 nitrogen and oxygen atoms in total. The summed E-state index contributed by atoms with van der Waals surface area (Å²) in [5, 5.41) is 3.33. The van der Waals surface area contributed by atoms with Crippen molar-refractivity contribution in [1.82, 2.24) is 4.98 Å². The second-order valence-corrected chi connectivity index (χ2v) is 6.94. The van der Waals surface area contributed by atoms with Crippen LogP contribution in [0.15, 0.2) is 24.4 Å². The number of benzene rings is 1. The molecule has 0 saturated carbocycles. The molecule has 2 aromatic rings. The fourth-order valence-electron chi connectivity index (χ4n) is 2.74. The molecule has 0 bridgehead atoms. The molecule has 0 radical (unpaired) electrons. The lowest BCUT2D eigenvalue weighted by Crippen LogP contribution is -2.28. The summed E-state index contributed by atoms with van der Waals surface area (Å²) in [4.78, 5) is 31.6. The number of ether oxygens (including phenoxy) is 2. The zero-order chi connectivity index (χ0) is 18.0. The Morgan fingerprint density at radius 1 is 1.36 bits per heavy atom. The van der Waals surface area contributed by atoms with Crippen molar-refractivity contribution in [1.29, 1.82) is 0 Å². The van der Waals surface area contributed by atoms with E-state index in [1.165, 1.54) is 18.4 Å². The average Bonchev–Trinajstić information content (AvgIpc) is 3.19. The van der Waals surface area contributed by atoms with Crippen molar-refractivity contribution in [2.45, 2.75) is 13.3 Å². The molecule has 1 aliphatic heterocycles. The van der Waals surface area contributed by atoms with Crippen molar-refractivity contribution < 1.29 is 19.1 Å². The number of amides is 2. The molecule has 1 fully saturated rings. The smallest absolute Gasteiger partial charge is 0.231 e. The maximum Gasteiger partial charge on any atom is 0.231 e. The summed E-state index contributed by atoms with van der Waals surface area (Å²) in [5.74, 6) is 0.435. The molecule has 1 aromatic carbocycles. The van der Waals surface area contributed by atoms with Crippen LogP contribution in [-0.2, 0) is 9.59 Å². The van der Waals surface area contributed by atoms with Crippen LogP contribution in [0, 0.1) is 12.8 Å². The van der Waals surface area contributed by atoms with Gasteiger partial charge >= 0.3 is 0 Å². The van der Waals surface area contributed by atoms with Gasteiger partial charge in [-0.05, 0) is 19.1 Å². The van der Waals surface area contributed by atoms with E-state index >= 15 is 0 Å². The van der Waals surface area contributed by atoms with Gasteiger partial charge in [-0.1, -0.05) is 0 Å². The summed E-state index contributed by atoms with van der Waals surface area (Å²) in [7, 11) is 3.10. The molecule has 0 unspecified atom stereocenters. The Morgan fingerprint density at radius 2 is 2.16 bits per heavy atom. The third-order valence-electron chi connectivity index (χ3n) is 4.02. The number of carbonyl (C=O) groups excluding carboxylic acids is 2. The number of thiazole rings is 1. The lowest BCUT2D eigenvalue weighted by atomic mass is 10.1. The number of hydrogen-bond acceptors (Lipinski definition) is 6. The zero-order valence-corrected chi connectivity index (χ0v) is 15.1. The highest BCUT2D eigenvalue weighted by Crippen LogP contribution is 2.36. The summed E-state index contributed by atoms with van der Waals surface area (Å²) >= 11 is 1.41. The lowest BCUT2D eigenvalue weighted by molar-refractivity contribution is -0.122. The minimum Gasteiger partial charge on any atom is -0.497 e. The van der Waals surface area contributed by atoms with E-state index in [1.807, 2.05) is 6.92 Å². The standard InChI is InChI=1S/C17H19N3O4S/c1-10-8-18-17(25-10)19-16(22)11-6-15(21)20(9-11)13-5-4-12(23-2)7-14(13)24-3/h4-5,7-8,11H,6,9H2,1-3H3,(H,18,19,22)/t11-/m1/s1. The van der Waals surface area contributed by atoms with Gasteiger partial charge in [0.2, 0.25) is 11.8 Å². The normalized spacial score (nSPS) is 16.8. The number of nitrogens with zero attached hydrogens (tertiary/aromatic N) is 2. The van der Waals surface area contributed by atoms with Crippen LogP contribution in [0.1, 0.15) is 11.3 Å². The molecule has 25 heavy (non-hydrogen) atoms. The summed E-state index contributed by atoms with van der Waals surface area (Å²) in [6.07, 6.45) is 1.86. The molecule has 8 heteroatoms. The van der Waals surface area contributed by atoms with Gasteiger partial charge < -0.3 is 19.7 Å². The number of aromatic nitrogens is 1. The highest BCUT2D eigenvalue weighted by Gasteiger charge is 2.36. The predicted molar refractivity (Wildman–Crippen MR) is 95.5 cm³/mol. The largest absolute Gasteiger partial charge is 0.497 e. The van der Waals surface area contributed by atoms with Gasteiger partial charge in [-0.3, -0.25) is 9.59 Å². The lowest BCUT2D eigenvalue weighted by Gasteiger charge is -2.20. The number of methoxy groups -OCH3 is 2. The summed E-state index contributed by atoms with van der Waals surface area (Å²) in [6.45, 7) is 2.22. The van der Waals surface area contributed by atoms with E-state index < -0.39 is 5.92 Å². The Hall–Kier alpha value is -2.61. The molecule has 2 amide bonds. The van der Waals surface area contributed by atoms with E-state index in [0.717, 1.165) is 4.88 Å². The minimum absolute atomic E-state index is 0.112. The van der Waals surface area contributed by atoms with E-state index in [2.05, 4.69) is 10.3 Å². The van der Waals surface area contributed by atoms with Crippen molar-refractivity contribution in [3.8, 4) is 11.5 Å². The number of anilines is 2. The van der Waals surface area contributed by atoms with Gasteiger partial charge in [0.25, 0.3) is 0 Å². The molecule has 1 aliphatic rings. The van der Waals surface area contributed by atoms with Crippen molar-refractivity contribution in [3.63, 3.8) is 0 Å². The van der Waals surface area contributed by atoms with Crippen molar-refractivity contribution >= 4 is 34.0 Å². The summed E-state index contributed by atoms with van der Waals surface area (Å²) < 4.78 is 10.5. The third kappa shape index (κ3) is 3.58. The van der Waals surface area contributed by atoms with E-state index in [9.17, 15) is 9.59 Å². The Labute approximate surface area is 149 Å². The van der Waals surface area contributed by atoms with Crippen LogP contribution < -0.4 is 19.7 Å². The van der Waals surface area contributed by atoms with Crippen molar-refractivity contribution in [2.24, 2.45) is 5.92 Å². The zero-order valence-electron chi connectivity index (χ0n) is 14.2. The van der Waals surface area contributed by atoms with E-state index in [1.54, 1.807) is 36.4 Å². The molecule has 3 rings (SSSR count). The highest BCUT2D eigenvalue weighted by atomic mass is 32.1. The summed E-state index contributed by atoms with van der Waals surface area (Å²) in [5.41, 5.74) is 0.633. The summed E-state index contributed by atoms with van der Waals surface area (Å²) in [6, 6.07) is 5.24. The first-order chi connectivity index (χ1) is 12.0. The number of carbonyl (C=O) groups is 2. The fraction of sp³-hybridized carbons (Fsp3) is 0.353. The Bertz CT molecular complexity index is 805. The molecule has 1 aromatic heterocycles. The highest BCUT2D eigenvalue weighted by molar-refractivity contribution is 7.15. The van der Waals surface area contributed by atoms with Crippen LogP contribution in [0.4, 0.5) is 10.8 Å². The van der Waals surface area contributed by atoms with Crippen LogP contribution >= 0.6 is 11.3 Å². The second-order valence-electron chi connectivity index (χ2n) is 5.71. The van der Waals surface area contributed by atoms with E-state index in [4.69, 9.17) is 9.47 Å². The molecule has 0 aliphatic carbocycles. The van der Waals surface area contributed by atoms with Gasteiger partial charge in [0.05, 0.1) is 25.8 Å². The third-order valence-corrected chi connectivity index (χ3v) is 4.85. The number of hydrogen-bond donors (Lipinski definition) is 1. The van der Waals surface area contributed by atoms with Crippen LogP contribution in [0.25, 0.3) is 0 Å². The predicted octanol–water partition coefficient (Wildman–Crippen LogP) is 2.46. The monoisotopic (exact) mass is 361 g/mol. The minimum atomic E-state index is -0.427. The van der Waals surface area contributed by atoms with Crippen LogP contribution in [0.5, 0.6) is 11.5 Å². The van der Waals surface area contributed by atoms with Gasteiger partial charge in [0, 0.05) is 30.1 Å². The first-order valence-corrected chi connectivity index (χ1v) is 8.59. The number of nitrogens with one attached hydrogen (secondary N) is 1.